The van der Waals surface area contributed by atoms with Gasteiger partial charge in [-0.25, -0.2) is 0 Å². The van der Waals surface area contributed by atoms with Crippen molar-refractivity contribution >= 4 is 11.7 Å². The number of nitrogens with two attached hydrogens (primary N) is 2. The van der Waals surface area contributed by atoms with Crippen LogP contribution in [0.2, 0.25) is 0 Å². The molecular weight excluding hydrogens is 608 g/mol. The number of hydrogen-bond acceptors (Lipinski definition) is 6. The fourth-order valence-electron chi connectivity index (χ4n) is 5.66. The summed E-state index contributed by atoms with van der Waals surface area (Å²) in [7, 11) is 5.99. The molecule has 252 valence electrons. The molecule has 0 bridgehead atoms. The third-order valence-corrected chi connectivity index (χ3v) is 8.18. The predicted octanol–water partition coefficient (Wildman–Crippen LogP) is 6.73. The summed E-state index contributed by atoms with van der Waals surface area (Å²) in [6.45, 7) is 4.39. The van der Waals surface area contributed by atoms with Crippen molar-refractivity contribution in [3.05, 3.63) is 166 Å². The van der Waals surface area contributed by atoms with Gasteiger partial charge in [-0.05, 0) is 96.0 Å². The van der Waals surface area contributed by atoms with E-state index in [0.29, 0.717) is 24.6 Å². The zero-order valence-electron chi connectivity index (χ0n) is 28.6. The van der Waals surface area contributed by atoms with Gasteiger partial charge < -0.3 is 20.9 Å². The molecule has 0 amide bonds. The molecule has 0 saturated heterocycles. The molecule has 0 unspecified atom stereocenters. The van der Waals surface area contributed by atoms with Gasteiger partial charge in [0.05, 0.1) is 0 Å². The van der Waals surface area contributed by atoms with Crippen molar-refractivity contribution in [3.63, 3.8) is 0 Å². The van der Waals surface area contributed by atoms with Gasteiger partial charge in [0, 0.05) is 44.4 Å². The first-order valence-corrected chi connectivity index (χ1v) is 16.4. The van der Waals surface area contributed by atoms with Gasteiger partial charge in [-0.2, -0.15) is 0 Å². The highest BCUT2D eigenvalue weighted by Crippen LogP contribution is 2.18. The molecule has 49 heavy (non-hydrogen) atoms. The van der Waals surface area contributed by atoms with E-state index < -0.39 is 0 Å². The molecule has 0 atom stereocenters. The van der Waals surface area contributed by atoms with E-state index in [1.165, 1.54) is 22.3 Å². The number of nitrogen functional groups attached to an aromatic ring is 1. The van der Waals surface area contributed by atoms with Gasteiger partial charge in [0.1, 0.15) is 36.4 Å². The molecular formula is C41H46N6O2. The average molecular weight is 655 g/mol. The Hall–Kier alpha value is -5.44. The maximum atomic E-state index is 7.53. The number of nitrogens with one attached hydrogen (secondary N) is 1. The maximum Gasteiger partial charge on any atom is 0.125 e. The Balaban J connectivity index is 1.06. The SMILES string of the molecule is CN=C(N)c1ccc(OCc2cccc(CN(C)Cc3ccc(CN(C)Cc4cccc(COc5ccc(C(=N)N)cc5)c4)cc3)c2)cc1. The Morgan fingerprint density at radius 2 is 0.939 bits per heavy atom. The lowest BCUT2D eigenvalue weighted by Crippen LogP contribution is -2.18. The smallest absolute Gasteiger partial charge is 0.125 e. The second-order valence-electron chi connectivity index (χ2n) is 12.4. The highest BCUT2D eigenvalue weighted by atomic mass is 16.5. The molecule has 0 fully saturated rings. The van der Waals surface area contributed by atoms with Crippen LogP contribution in [0.5, 0.6) is 11.5 Å². The van der Waals surface area contributed by atoms with E-state index in [1.807, 2.05) is 36.4 Å². The van der Waals surface area contributed by atoms with Gasteiger partial charge in [-0.1, -0.05) is 72.8 Å². The summed E-state index contributed by atoms with van der Waals surface area (Å²) in [6.07, 6.45) is 0. The van der Waals surface area contributed by atoms with Crippen molar-refractivity contribution in [1.29, 1.82) is 5.41 Å². The fourth-order valence-corrected chi connectivity index (χ4v) is 5.66. The molecule has 0 heterocycles. The topological polar surface area (TPSA) is 113 Å². The molecule has 5 N–H and O–H groups in total. The summed E-state index contributed by atoms with van der Waals surface area (Å²) in [5, 5.41) is 7.53. The maximum absolute atomic E-state index is 7.53. The van der Waals surface area contributed by atoms with E-state index >= 15 is 0 Å². The monoisotopic (exact) mass is 654 g/mol. The second-order valence-corrected chi connectivity index (χ2v) is 12.4. The van der Waals surface area contributed by atoms with E-state index in [1.54, 1.807) is 19.2 Å². The number of aliphatic imine (C=N–C) groups is 1. The van der Waals surface area contributed by atoms with Crippen LogP contribution in [0.1, 0.15) is 44.5 Å². The lowest BCUT2D eigenvalue weighted by atomic mass is 10.1. The van der Waals surface area contributed by atoms with Crippen molar-refractivity contribution in [2.75, 3.05) is 21.1 Å². The Labute approximate surface area is 290 Å². The Morgan fingerprint density at radius 1 is 0.551 bits per heavy atom. The van der Waals surface area contributed by atoms with Crippen LogP contribution >= 0.6 is 0 Å². The molecule has 0 aliphatic carbocycles. The Bertz CT molecular complexity index is 1840. The molecule has 0 aromatic heterocycles. The normalized spacial score (nSPS) is 11.6. The lowest BCUT2D eigenvalue weighted by Gasteiger charge is -2.19. The summed E-state index contributed by atoms with van der Waals surface area (Å²) in [5.74, 6) is 2.12. The third kappa shape index (κ3) is 10.8. The molecule has 5 rings (SSSR count). The minimum atomic E-state index is 0.0530. The number of amidine groups is 2. The van der Waals surface area contributed by atoms with E-state index in [-0.39, 0.29) is 5.84 Å². The van der Waals surface area contributed by atoms with Gasteiger partial charge in [0.15, 0.2) is 0 Å². The standard InChI is InChI=1S/C41H46N6O2/c1-45-41(44)37-16-20-39(21-17-37)49-29-35-9-5-7-33(23-35)27-47(3)25-31-12-10-30(11-13-31)24-46(2)26-32-6-4-8-34(22-32)28-48-38-18-14-36(15-19-38)40(42)43/h4-23H,24-29H2,1-3H3,(H3,42,43)(H2,44,45). The van der Waals surface area contributed by atoms with Crippen LogP contribution in [0.3, 0.4) is 0 Å². The Kier molecular flexibility index (Phi) is 12.2. The van der Waals surface area contributed by atoms with Crippen molar-refractivity contribution in [3.8, 4) is 11.5 Å². The minimum Gasteiger partial charge on any atom is -0.489 e. The number of ether oxygens (including phenoxy) is 2. The van der Waals surface area contributed by atoms with Crippen LogP contribution in [-0.4, -0.2) is 42.6 Å². The zero-order chi connectivity index (χ0) is 34.6. The number of nitrogens with zero attached hydrogens (tertiary/aromatic N) is 3. The summed E-state index contributed by atoms with van der Waals surface area (Å²) in [5.41, 5.74) is 20.3. The quantitative estimate of drug-likeness (QED) is 0.0804. The van der Waals surface area contributed by atoms with E-state index in [4.69, 9.17) is 26.4 Å². The fraction of sp³-hybridized carbons (Fsp3) is 0.220. The first-order chi connectivity index (χ1) is 23.7. The molecule has 8 nitrogen and oxygen atoms in total. The molecule has 0 spiro atoms. The van der Waals surface area contributed by atoms with Crippen molar-refractivity contribution < 1.29 is 9.47 Å². The summed E-state index contributed by atoms with van der Waals surface area (Å²) in [6, 6.07) is 41.0. The van der Waals surface area contributed by atoms with Crippen molar-refractivity contribution in [2.24, 2.45) is 16.5 Å². The van der Waals surface area contributed by atoms with Crippen molar-refractivity contribution in [1.82, 2.24) is 9.80 Å². The average Bonchev–Trinajstić information content (AvgIpc) is 3.11. The molecule has 0 radical (unpaired) electrons. The molecule has 0 aliphatic rings. The van der Waals surface area contributed by atoms with Crippen molar-refractivity contribution in [2.45, 2.75) is 39.4 Å². The van der Waals surface area contributed by atoms with Crippen LogP contribution < -0.4 is 20.9 Å². The van der Waals surface area contributed by atoms with Gasteiger partial charge in [0.25, 0.3) is 0 Å². The van der Waals surface area contributed by atoms with Gasteiger partial charge in [-0.3, -0.25) is 20.2 Å². The van der Waals surface area contributed by atoms with Crippen LogP contribution in [0, 0.1) is 5.41 Å². The summed E-state index contributed by atoms with van der Waals surface area (Å²) >= 11 is 0. The largest absolute Gasteiger partial charge is 0.489 e. The predicted molar refractivity (Wildman–Crippen MR) is 199 cm³/mol. The Morgan fingerprint density at radius 3 is 1.35 bits per heavy atom. The molecule has 5 aromatic carbocycles. The molecule has 0 saturated carbocycles. The van der Waals surface area contributed by atoms with Gasteiger partial charge >= 0.3 is 0 Å². The van der Waals surface area contributed by atoms with E-state index in [9.17, 15) is 0 Å². The van der Waals surface area contributed by atoms with E-state index in [2.05, 4.69) is 102 Å². The summed E-state index contributed by atoms with van der Waals surface area (Å²) < 4.78 is 12.0. The minimum absolute atomic E-state index is 0.0530. The number of benzene rings is 5. The van der Waals surface area contributed by atoms with Crippen LogP contribution in [0.15, 0.2) is 126 Å². The highest BCUT2D eigenvalue weighted by Gasteiger charge is 2.08. The van der Waals surface area contributed by atoms with Crippen LogP contribution in [0.4, 0.5) is 0 Å². The van der Waals surface area contributed by atoms with Crippen LogP contribution in [-0.2, 0) is 39.4 Å². The molecule has 5 aromatic rings. The van der Waals surface area contributed by atoms with E-state index in [0.717, 1.165) is 54.4 Å². The second kappa shape index (κ2) is 17.1. The molecule has 8 heteroatoms. The third-order valence-electron chi connectivity index (χ3n) is 8.18. The van der Waals surface area contributed by atoms with Crippen LogP contribution in [0.25, 0.3) is 0 Å². The molecule has 0 aliphatic heterocycles. The van der Waals surface area contributed by atoms with Gasteiger partial charge in [-0.15, -0.1) is 0 Å². The lowest BCUT2D eigenvalue weighted by molar-refractivity contribution is 0.303. The number of hydrogen-bond donors (Lipinski definition) is 3. The van der Waals surface area contributed by atoms with Gasteiger partial charge in [0.2, 0.25) is 0 Å². The summed E-state index contributed by atoms with van der Waals surface area (Å²) in [4.78, 5) is 8.68. The first kappa shape index (κ1) is 34.9. The zero-order valence-corrected chi connectivity index (χ0v) is 28.6. The highest BCUT2D eigenvalue weighted by molar-refractivity contribution is 5.97. The first-order valence-electron chi connectivity index (χ1n) is 16.4. The number of rotatable bonds is 16.